The van der Waals surface area contributed by atoms with Crippen molar-refractivity contribution in [3.8, 4) is 0 Å². The van der Waals surface area contributed by atoms with Crippen LogP contribution in [0.4, 0.5) is 5.69 Å². The number of carbonyl (C=O) groups is 1. The molecule has 114 valence electrons. The van der Waals surface area contributed by atoms with Crippen LogP contribution in [0.3, 0.4) is 0 Å². The molecular formula is C15H19NO4S. The number of carboxylic acid groups (broad SMARTS) is 1. The highest BCUT2D eigenvalue weighted by molar-refractivity contribution is 7.93. The Morgan fingerprint density at radius 3 is 2.48 bits per heavy atom. The van der Waals surface area contributed by atoms with Crippen molar-refractivity contribution in [3.05, 3.63) is 29.8 Å². The summed E-state index contributed by atoms with van der Waals surface area (Å²) in [5.74, 6) is -1.50. The summed E-state index contributed by atoms with van der Waals surface area (Å²) in [6.07, 6.45) is 3.67. The highest BCUT2D eigenvalue weighted by atomic mass is 32.2. The van der Waals surface area contributed by atoms with Crippen molar-refractivity contribution in [2.24, 2.45) is 0 Å². The predicted octanol–water partition coefficient (Wildman–Crippen LogP) is 2.34. The van der Waals surface area contributed by atoms with Gasteiger partial charge in [-0.3, -0.25) is 9.10 Å². The zero-order valence-corrected chi connectivity index (χ0v) is 12.6. The molecule has 5 nitrogen and oxygen atoms in total. The lowest BCUT2D eigenvalue weighted by Crippen LogP contribution is -2.42. The van der Waals surface area contributed by atoms with E-state index < -0.39 is 21.9 Å². The molecule has 1 fully saturated rings. The predicted molar refractivity (Wildman–Crippen MR) is 80.0 cm³/mol. The maximum Gasteiger partial charge on any atom is 0.311 e. The van der Waals surface area contributed by atoms with Crippen LogP contribution in [0.25, 0.3) is 0 Å². The number of anilines is 1. The van der Waals surface area contributed by atoms with E-state index in [-0.39, 0.29) is 11.8 Å². The topological polar surface area (TPSA) is 74.7 Å². The van der Waals surface area contributed by atoms with E-state index >= 15 is 0 Å². The van der Waals surface area contributed by atoms with Gasteiger partial charge in [-0.25, -0.2) is 8.42 Å². The largest absolute Gasteiger partial charge is 0.481 e. The minimum Gasteiger partial charge on any atom is -0.481 e. The minimum absolute atomic E-state index is 0.257. The van der Waals surface area contributed by atoms with E-state index in [4.69, 9.17) is 0 Å². The Labute approximate surface area is 124 Å². The van der Waals surface area contributed by atoms with Gasteiger partial charge in [0.1, 0.15) is 0 Å². The Morgan fingerprint density at radius 2 is 1.81 bits per heavy atom. The fourth-order valence-corrected chi connectivity index (χ4v) is 5.51. The van der Waals surface area contributed by atoms with E-state index in [9.17, 15) is 18.3 Å². The normalized spacial score (nSPS) is 23.0. The van der Waals surface area contributed by atoms with E-state index in [2.05, 4.69) is 0 Å². The molecule has 0 aromatic heterocycles. The van der Waals surface area contributed by atoms with E-state index in [0.29, 0.717) is 30.5 Å². The second-order valence-electron chi connectivity index (χ2n) is 5.76. The van der Waals surface area contributed by atoms with Crippen molar-refractivity contribution in [2.45, 2.75) is 43.3 Å². The highest BCUT2D eigenvalue weighted by Crippen LogP contribution is 2.39. The Balaban J connectivity index is 2.01. The molecule has 6 heteroatoms. The van der Waals surface area contributed by atoms with Crippen LogP contribution in [0, 0.1) is 0 Å². The number of fused-ring (bicyclic) bond motifs is 1. The summed E-state index contributed by atoms with van der Waals surface area (Å²) in [6.45, 7) is 0.257. The van der Waals surface area contributed by atoms with E-state index in [1.54, 1.807) is 24.3 Å². The van der Waals surface area contributed by atoms with E-state index in [1.165, 1.54) is 4.31 Å². The third-order valence-electron chi connectivity index (χ3n) is 4.53. The number of hydrogen-bond acceptors (Lipinski definition) is 3. The van der Waals surface area contributed by atoms with Crippen LogP contribution < -0.4 is 4.31 Å². The second-order valence-corrected chi connectivity index (χ2v) is 7.90. The SMILES string of the molecule is O=C(O)C1CCN(S(=O)(=O)C2CCCC2)c2ccccc21. The van der Waals surface area contributed by atoms with Crippen LogP contribution in [-0.2, 0) is 14.8 Å². The number of hydrogen-bond donors (Lipinski definition) is 1. The standard InChI is InChI=1S/C15H19NO4S/c17-15(18)13-9-10-16(14-8-4-3-7-12(13)14)21(19,20)11-5-1-2-6-11/h3-4,7-8,11,13H,1-2,5-6,9-10H2,(H,17,18). The molecule has 3 rings (SSSR count). The first kappa shape index (κ1) is 14.4. The van der Waals surface area contributed by atoms with Gasteiger partial charge in [0, 0.05) is 6.54 Å². The average molecular weight is 309 g/mol. The molecule has 0 saturated heterocycles. The summed E-state index contributed by atoms with van der Waals surface area (Å²) in [7, 11) is -3.38. The van der Waals surface area contributed by atoms with Crippen LogP contribution >= 0.6 is 0 Å². The van der Waals surface area contributed by atoms with Crippen LogP contribution in [-0.4, -0.2) is 31.3 Å². The van der Waals surface area contributed by atoms with Gasteiger partial charge in [-0.2, -0.15) is 0 Å². The van der Waals surface area contributed by atoms with Gasteiger partial charge in [-0.1, -0.05) is 31.0 Å². The molecule has 1 aliphatic heterocycles. The summed E-state index contributed by atoms with van der Waals surface area (Å²) in [5.41, 5.74) is 1.15. The molecule has 1 aliphatic carbocycles. The molecular weight excluding hydrogens is 290 g/mol. The highest BCUT2D eigenvalue weighted by Gasteiger charge is 2.39. The quantitative estimate of drug-likeness (QED) is 0.930. The Bertz CT molecular complexity index is 649. The lowest BCUT2D eigenvalue weighted by atomic mass is 9.91. The Morgan fingerprint density at radius 1 is 1.14 bits per heavy atom. The first-order valence-electron chi connectivity index (χ1n) is 7.35. The van der Waals surface area contributed by atoms with Crippen LogP contribution in [0.1, 0.15) is 43.6 Å². The van der Waals surface area contributed by atoms with Gasteiger partial charge in [0.2, 0.25) is 10.0 Å². The number of rotatable bonds is 3. The number of nitrogens with zero attached hydrogens (tertiary/aromatic N) is 1. The fourth-order valence-electron chi connectivity index (χ4n) is 3.42. The number of aliphatic carboxylic acids is 1. The number of benzene rings is 1. The van der Waals surface area contributed by atoms with E-state index in [0.717, 1.165) is 12.8 Å². The monoisotopic (exact) mass is 309 g/mol. The molecule has 1 saturated carbocycles. The summed E-state index contributed by atoms with van der Waals surface area (Å²) in [4.78, 5) is 11.4. The second kappa shape index (κ2) is 5.33. The van der Waals surface area contributed by atoms with Crippen LogP contribution in [0.2, 0.25) is 0 Å². The summed E-state index contributed by atoms with van der Waals surface area (Å²) in [5, 5.41) is 9.00. The van der Waals surface area contributed by atoms with Gasteiger partial charge in [0.25, 0.3) is 0 Å². The Kier molecular flexibility index (Phi) is 3.65. The molecule has 0 amide bonds. The average Bonchev–Trinajstić information content (AvgIpc) is 3.00. The first-order valence-corrected chi connectivity index (χ1v) is 8.85. The molecule has 1 atom stereocenters. The number of sulfonamides is 1. The molecule has 1 aromatic rings. The third kappa shape index (κ3) is 2.41. The van der Waals surface area contributed by atoms with Crippen molar-refractivity contribution >= 4 is 21.7 Å². The van der Waals surface area contributed by atoms with Crippen molar-refractivity contribution in [1.82, 2.24) is 0 Å². The van der Waals surface area contributed by atoms with Crippen molar-refractivity contribution in [1.29, 1.82) is 0 Å². The van der Waals surface area contributed by atoms with Gasteiger partial charge in [0.05, 0.1) is 16.9 Å². The summed E-state index contributed by atoms with van der Waals surface area (Å²) >= 11 is 0. The fraction of sp³-hybridized carbons (Fsp3) is 0.533. The van der Waals surface area contributed by atoms with E-state index in [1.807, 2.05) is 0 Å². The number of para-hydroxylation sites is 1. The zero-order chi connectivity index (χ0) is 15.0. The van der Waals surface area contributed by atoms with Gasteiger partial charge in [-0.15, -0.1) is 0 Å². The van der Waals surface area contributed by atoms with Crippen LogP contribution in [0.5, 0.6) is 0 Å². The van der Waals surface area contributed by atoms with Gasteiger partial charge >= 0.3 is 5.97 Å². The maximum atomic E-state index is 12.8. The van der Waals surface area contributed by atoms with Gasteiger partial charge in [0.15, 0.2) is 0 Å². The molecule has 1 heterocycles. The molecule has 21 heavy (non-hydrogen) atoms. The first-order chi connectivity index (χ1) is 10.0. The van der Waals surface area contributed by atoms with Crippen molar-refractivity contribution < 1.29 is 18.3 Å². The molecule has 2 aliphatic rings. The third-order valence-corrected chi connectivity index (χ3v) is 6.84. The summed E-state index contributed by atoms with van der Waals surface area (Å²) in [6, 6.07) is 6.97. The van der Waals surface area contributed by atoms with Gasteiger partial charge < -0.3 is 5.11 Å². The maximum absolute atomic E-state index is 12.8. The van der Waals surface area contributed by atoms with Crippen molar-refractivity contribution in [3.63, 3.8) is 0 Å². The molecule has 1 aromatic carbocycles. The lowest BCUT2D eigenvalue weighted by Gasteiger charge is -2.35. The minimum atomic E-state index is -3.38. The smallest absolute Gasteiger partial charge is 0.311 e. The van der Waals surface area contributed by atoms with Crippen LogP contribution in [0.15, 0.2) is 24.3 Å². The Hall–Kier alpha value is -1.56. The molecule has 0 radical (unpaired) electrons. The molecule has 1 unspecified atom stereocenters. The zero-order valence-electron chi connectivity index (χ0n) is 11.7. The number of carboxylic acids is 1. The molecule has 0 spiro atoms. The molecule has 0 bridgehead atoms. The molecule has 1 N–H and O–H groups in total. The lowest BCUT2D eigenvalue weighted by molar-refractivity contribution is -0.139. The van der Waals surface area contributed by atoms with Crippen molar-refractivity contribution in [2.75, 3.05) is 10.8 Å². The van der Waals surface area contributed by atoms with Gasteiger partial charge in [-0.05, 0) is 30.9 Å². The summed E-state index contributed by atoms with van der Waals surface area (Å²) < 4.78 is 27.1.